The fourth-order valence-electron chi connectivity index (χ4n) is 2.58. The van der Waals surface area contributed by atoms with Crippen molar-refractivity contribution in [2.75, 3.05) is 6.54 Å². The Labute approximate surface area is 99.4 Å². The highest BCUT2D eigenvalue weighted by Crippen LogP contribution is 2.28. The van der Waals surface area contributed by atoms with Gasteiger partial charge in [-0.05, 0) is 37.4 Å². The summed E-state index contributed by atoms with van der Waals surface area (Å²) in [5, 5.41) is 3.45. The molecule has 0 bridgehead atoms. The average molecular weight is 233 g/mol. The van der Waals surface area contributed by atoms with Crippen LogP contribution in [0.1, 0.15) is 31.6 Å². The maximum Gasteiger partial charge on any atom is 0.151 e. The summed E-state index contributed by atoms with van der Waals surface area (Å²) in [5.74, 6) is 1.14. The smallest absolute Gasteiger partial charge is 0.151 e. The summed E-state index contributed by atoms with van der Waals surface area (Å²) in [6, 6.07) is 5.24. The number of benzene rings is 1. The van der Waals surface area contributed by atoms with Crippen molar-refractivity contribution in [3.8, 4) is 0 Å². The zero-order chi connectivity index (χ0) is 11.8. The molecule has 0 aliphatic carbocycles. The Bertz CT molecular complexity index is 534. The van der Waals surface area contributed by atoms with Crippen molar-refractivity contribution in [2.45, 2.75) is 25.8 Å². The van der Waals surface area contributed by atoms with Gasteiger partial charge >= 0.3 is 0 Å². The number of piperidine rings is 1. The molecule has 1 aromatic heterocycles. The van der Waals surface area contributed by atoms with Crippen molar-refractivity contribution in [3.05, 3.63) is 29.8 Å². The average Bonchev–Trinajstić information content (AvgIpc) is 2.75. The molecule has 1 saturated heterocycles. The maximum atomic E-state index is 13.6. The second-order valence-electron chi connectivity index (χ2n) is 4.81. The second-order valence-corrected chi connectivity index (χ2v) is 4.81. The lowest BCUT2D eigenvalue weighted by Crippen LogP contribution is -2.33. The minimum atomic E-state index is -0.256. The highest BCUT2D eigenvalue weighted by Gasteiger charge is 2.25. The first kappa shape index (κ1) is 10.7. The number of aromatic nitrogens is 2. The summed E-state index contributed by atoms with van der Waals surface area (Å²) in [6.07, 6.45) is 2.39. The predicted molar refractivity (Wildman–Crippen MR) is 65.2 cm³/mol. The Kier molecular flexibility index (Phi) is 2.59. The van der Waals surface area contributed by atoms with Crippen LogP contribution in [0.2, 0.25) is 0 Å². The first-order chi connectivity index (χ1) is 8.25. The molecule has 90 valence electrons. The molecular weight excluding hydrogens is 217 g/mol. The minimum absolute atomic E-state index is 0.218. The van der Waals surface area contributed by atoms with E-state index in [2.05, 4.69) is 22.2 Å². The van der Waals surface area contributed by atoms with Crippen molar-refractivity contribution >= 4 is 11.0 Å². The Hall–Kier alpha value is -1.42. The van der Waals surface area contributed by atoms with Crippen LogP contribution in [0.5, 0.6) is 0 Å². The van der Waals surface area contributed by atoms with E-state index in [9.17, 15) is 4.39 Å². The summed E-state index contributed by atoms with van der Waals surface area (Å²) in [7, 11) is 0. The zero-order valence-corrected chi connectivity index (χ0v) is 9.83. The van der Waals surface area contributed by atoms with Gasteiger partial charge in [-0.15, -0.1) is 0 Å². The molecule has 4 heteroatoms. The maximum absolute atomic E-state index is 13.6. The Balaban J connectivity index is 2.02. The summed E-state index contributed by atoms with van der Waals surface area (Å²) in [5.41, 5.74) is 1.22. The van der Waals surface area contributed by atoms with Crippen LogP contribution in [0.4, 0.5) is 4.39 Å². The van der Waals surface area contributed by atoms with Crippen LogP contribution < -0.4 is 5.32 Å². The number of H-pyrrole nitrogens is 1. The van der Waals surface area contributed by atoms with E-state index < -0.39 is 0 Å². The van der Waals surface area contributed by atoms with Crippen molar-refractivity contribution < 1.29 is 4.39 Å². The molecule has 0 spiro atoms. The fourth-order valence-corrected chi connectivity index (χ4v) is 2.58. The van der Waals surface area contributed by atoms with Crippen LogP contribution in [0.3, 0.4) is 0 Å². The van der Waals surface area contributed by atoms with Crippen LogP contribution in [-0.2, 0) is 0 Å². The van der Waals surface area contributed by atoms with Gasteiger partial charge in [0.05, 0.1) is 11.6 Å². The summed E-state index contributed by atoms with van der Waals surface area (Å²) < 4.78 is 13.6. The lowest BCUT2D eigenvalue weighted by molar-refractivity contribution is 0.296. The number of aromatic amines is 1. The van der Waals surface area contributed by atoms with E-state index in [4.69, 9.17) is 0 Å². The molecule has 0 saturated carbocycles. The van der Waals surface area contributed by atoms with E-state index in [1.54, 1.807) is 6.07 Å². The number of para-hydroxylation sites is 1. The van der Waals surface area contributed by atoms with Gasteiger partial charge in [0, 0.05) is 0 Å². The van der Waals surface area contributed by atoms with Crippen molar-refractivity contribution in [2.24, 2.45) is 5.92 Å². The Morgan fingerprint density at radius 2 is 2.29 bits per heavy atom. The van der Waals surface area contributed by atoms with Gasteiger partial charge in [0.2, 0.25) is 0 Å². The van der Waals surface area contributed by atoms with Gasteiger partial charge in [0.1, 0.15) is 11.3 Å². The van der Waals surface area contributed by atoms with Crippen LogP contribution >= 0.6 is 0 Å². The third-order valence-electron chi connectivity index (χ3n) is 3.55. The lowest BCUT2D eigenvalue weighted by Gasteiger charge is -2.28. The number of nitrogens with one attached hydrogen (secondary N) is 2. The highest BCUT2D eigenvalue weighted by atomic mass is 19.1. The molecule has 1 aliphatic rings. The van der Waals surface area contributed by atoms with Crippen molar-refractivity contribution in [3.63, 3.8) is 0 Å². The molecule has 1 aromatic carbocycles. The highest BCUT2D eigenvalue weighted by molar-refractivity contribution is 5.75. The van der Waals surface area contributed by atoms with Crippen LogP contribution in [0.15, 0.2) is 18.2 Å². The SMILES string of the molecule is CC1CCCNC1c1nc2c(F)cccc2[nH]1. The van der Waals surface area contributed by atoms with Gasteiger partial charge in [-0.25, -0.2) is 9.37 Å². The number of rotatable bonds is 1. The van der Waals surface area contributed by atoms with Gasteiger partial charge in [-0.1, -0.05) is 13.0 Å². The first-order valence-electron chi connectivity index (χ1n) is 6.13. The van der Waals surface area contributed by atoms with E-state index in [0.29, 0.717) is 11.4 Å². The van der Waals surface area contributed by atoms with Crippen LogP contribution in [0, 0.1) is 11.7 Å². The molecule has 2 aromatic rings. The molecule has 2 atom stereocenters. The quantitative estimate of drug-likeness (QED) is 0.795. The van der Waals surface area contributed by atoms with E-state index >= 15 is 0 Å². The van der Waals surface area contributed by atoms with Gasteiger partial charge in [0.25, 0.3) is 0 Å². The molecule has 2 unspecified atom stereocenters. The fraction of sp³-hybridized carbons (Fsp3) is 0.462. The van der Waals surface area contributed by atoms with E-state index in [1.165, 1.54) is 18.9 Å². The Morgan fingerprint density at radius 3 is 3.06 bits per heavy atom. The number of nitrogens with zero attached hydrogens (tertiary/aromatic N) is 1. The Morgan fingerprint density at radius 1 is 1.41 bits per heavy atom. The monoisotopic (exact) mass is 233 g/mol. The van der Waals surface area contributed by atoms with Crippen molar-refractivity contribution in [1.29, 1.82) is 0 Å². The van der Waals surface area contributed by atoms with E-state index in [-0.39, 0.29) is 11.9 Å². The molecule has 17 heavy (non-hydrogen) atoms. The number of halogens is 1. The second kappa shape index (κ2) is 4.11. The third kappa shape index (κ3) is 1.82. The molecule has 2 N–H and O–H groups in total. The molecule has 0 amide bonds. The largest absolute Gasteiger partial charge is 0.341 e. The van der Waals surface area contributed by atoms with E-state index in [0.717, 1.165) is 17.9 Å². The normalized spacial score (nSPS) is 25.3. The van der Waals surface area contributed by atoms with E-state index in [1.807, 2.05) is 6.07 Å². The molecule has 2 heterocycles. The lowest BCUT2D eigenvalue weighted by atomic mass is 9.92. The number of hydrogen-bond donors (Lipinski definition) is 2. The molecular formula is C13H16FN3. The van der Waals surface area contributed by atoms with Gasteiger partial charge < -0.3 is 10.3 Å². The summed E-state index contributed by atoms with van der Waals surface area (Å²) in [6.45, 7) is 3.22. The molecule has 1 fully saturated rings. The topological polar surface area (TPSA) is 40.7 Å². The van der Waals surface area contributed by atoms with Gasteiger partial charge in [0.15, 0.2) is 5.82 Å². The summed E-state index contributed by atoms with van der Waals surface area (Å²) in [4.78, 5) is 7.62. The number of imidazole rings is 1. The number of hydrogen-bond acceptors (Lipinski definition) is 2. The van der Waals surface area contributed by atoms with Gasteiger partial charge in [-0.3, -0.25) is 0 Å². The summed E-state index contributed by atoms with van der Waals surface area (Å²) >= 11 is 0. The molecule has 3 rings (SSSR count). The van der Waals surface area contributed by atoms with Crippen LogP contribution in [0.25, 0.3) is 11.0 Å². The molecule has 0 radical (unpaired) electrons. The molecule has 1 aliphatic heterocycles. The molecule has 3 nitrogen and oxygen atoms in total. The standard InChI is InChI=1S/C13H16FN3/c1-8-4-3-7-15-11(8)13-16-10-6-2-5-9(14)12(10)17-13/h2,5-6,8,11,15H,3-4,7H2,1H3,(H,16,17). The van der Waals surface area contributed by atoms with Crippen LogP contribution in [-0.4, -0.2) is 16.5 Å². The predicted octanol–water partition coefficient (Wildman–Crippen LogP) is 2.76. The van der Waals surface area contributed by atoms with Crippen molar-refractivity contribution in [1.82, 2.24) is 15.3 Å². The zero-order valence-electron chi connectivity index (χ0n) is 9.83. The number of fused-ring (bicyclic) bond motifs is 1. The first-order valence-corrected chi connectivity index (χ1v) is 6.13. The minimum Gasteiger partial charge on any atom is -0.341 e. The van der Waals surface area contributed by atoms with Gasteiger partial charge in [-0.2, -0.15) is 0 Å². The third-order valence-corrected chi connectivity index (χ3v) is 3.55.